The van der Waals surface area contributed by atoms with Gasteiger partial charge in [-0.3, -0.25) is 4.79 Å². The lowest BCUT2D eigenvalue weighted by Gasteiger charge is -2.00. The summed E-state index contributed by atoms with van der Waals surface area (Å²) in [7, 11) is 0. The van der Waals surface area contributed by atoms with E-state index in [1.165, 1.54) is 23.5 Å². The molecule has 3 N–H and O–H groups in total. The second kappa shape index (κ2) is 4.05. The van der Waals surface area contributed by atoms with Crippen LogP contribution in [-0.4, -0.2) is 16.1 Å². The van der Waals surface area contributed by atoms with E-state index in [1.54, 1.807) is 0 Å². The van der Waals surface area contributed by atoms with Crippen LogP contribution in [0.3, 0.4) is 0 Å². The number of nitrogens with two attached hydrogens (primary N) is 1. The Morgan fingerprint density at radius 3 is 2.80 bits per heavy atom. The molecule has 0 saturated heterocycles. The van der Waals surface area contributed by atoms with Gasteiger partial charge in [-0.05, 0) is 23.6 Å². The lowest BCUT2D eigenvalue weighted by Crippen LogP contribution is -2.14. The van der Waals surface area contributed by atoms with Crippen molar-refractivity contribution < 1.29 is 4.79 Å². The highest BCUT2D eigenvalue weighted by Gasteiger charge is 2.07. The zero-order chi connectivity index (χ0) is 10.7. The largest absolute Gasteiger partial charge is 0.382 e. The van der Waals surface area contributed by atoms with Crippen LogP contribution in [0, 0.1) is 0 Å². The fraction of sp³-hybridized carbons (Fsp3) is 0. The third kappa shape index (κ3) is 2.29. The molecule has 0 atom stereocenters. The van der Waals surface area contributed by atoms with E-state index in [0.29, 0.717) is 5.82 Å². The molecule has 76 valence electrons. The van der Waals surface area contributed by atoms with Crippen molar-refractivity contribution in [3.63, 3.8) is 0 Å². The first-order valence-electron chi connectivity index (χ1n) is 4.18. The molecule has 0 spiro atoms. The average Bonchev–Trinajstić information content (AvgIpc) is 2.71. The third-order valence-electron chi connectivity index (χ3n) is 1.70. The highest BCUT2D eigenvalue weighted by atomic mass is 32.1. The van der Waals surface area contributed by atoms with E-state index in [0.717, 1.165) is 5.69 Å². The van der Waals surface area contributed by atoms with Crippen molar-refractivity contribution >= 4 is 28.7 Å². The molecule has 2 aromatic heterocycles. The lowest BCUT2D eigenvalue weighted by atomic mass is 10.3. The number of hydrogen-bond donors (Lipinski definition) is 2. The standard InChI is InChI=1S/C9H8N4OS/c10-8-2-1-7(12-13-8)9(14)11-6-3-4-15-5-6/h1-5H,(H2,10,13)(H,11,14). The molecule has 2 rings (SSSR count). The Morgan fingerprint density at radius 1 is 1.33 bits per heavy atom. The fourth-order valence-corrected chi connectivity index (χ4v) is 1.58. The number of carbonyl (C=O) groups excluding carboxylic acids is 1. The molecule has 0 aromatic carbocycles. The average molecular weight is 220 g/mol. The summed E-state index contributed by atoms with van der Waals surface area (Å²) in [6, 6.07) is 4.88. The number of nitrogens with one attached hydrogen (secondary N) is 1. The molecule has 0 aliphatic heterocycles. The Labute approximate surface area is 90.0 Å². The number of nitrogens with zero attached hydrogens (tertiary/aromatic N) is 2. The van der Waals surface area contributed by atoms with Gasteiger partial charge in [0.15, 0.2) is 5.69 Å². The molecule has 1 amide bonds. The molecule has 6 heteroatoms. The third-order valence-corrected chi connectivity index (χ3v) is 2.38. The first-order chi connectivity index (χ1) is 7.25. The summed E-state index contributed by atoms with van der Waals surface area (Å²) in [5.41, 5.74) is 6.36. The predicted molar refractivity (Wildman–Crippen MR) is 58.7 cm³/mol. The van der Waals surface area contributed by atoms with Gasteiger partial charge in [0.2, 0.25) is 0 Å². The van der Waals surface area contributed by atoms with Crippen molar-refractivity contribution in [3.8, 4) is 0 Å². The summed E-state index contributed by atoms with van der Waals surface area (Å²) in [6.07, 6.45) is 0. The minimum absolute atomic E-state index is 0.246. The molecule has 0 aliphatic rings. The quantitative estimate of drug-likeness (QED) is 0.801. The molecule has 15 heavy (non-hydrogen) atoms. The van der Waals surface area contributed by atoms with Crippen LogP contribution < -0.4 is 11.1 Å². The van der Waals surface area contributed by atoms with Crippen LogP contribution in [-0.2, 0) is 0 Å². The minimum atomic E-state index is -0.291. The Hall–Kier alpha value is -1.95. The summed E-state index contributed by atoms with van der Waals surface area (Å²) in [4.78, 5) is 11.6. The van der Waals surface area contributed by atoms with Crippen LogP contribution >= 0.6 is 11.3 Å². The summed E-state index contributed by atoms with van der Waals surface area (Å²) >= 11 is 1.51. The summed E-state index contributed by atoms with van der Waals surface area (Å²) in [5.74, 6) is 0.00276. The van der Waals surface area contributed by atoms with Gasteiger partial charge in [-0.2, -0.15) is 11.3 Å². The number of amides is 1. The molecule has 0 fully saturated rings. The van der Waals surface area contributed by atoms with Crippen LogP contribution in [0.2, 0.25) is 0 Å². The number of carbonyl (C=O) groups is 1. The normalized spacial score (nSPS) is 9.87. The van der Waals surface area contributed by atoms with Crippen LogP contribution in [0.5, 0.6) is 0 Å². The zero-order valence-corrected chi connectivity index (χ0v) is 8.49. The number of nitrogen functional groups attached to an aromatic ring is 1. The fourth-order valence-electron chi connectivity index (χ4n) is 0.994. The highest BCUT2D eigenvalue weighted by molar-refractivity contribution is 7.08. The maximum absolute atomic E-state index is 11.6. The van der Waals surface area contributed by atoms with Gasteiger partial charge in [0.1, 0.15) is 5.82 Å². The maximum Gasteiger partial charge on any atom is 0.276 e. The Bertz CT molecular complexity index is 451. The first kappa shape index (κ1) is 9.60. The first-order valence-corrected chi connectivity index (χ1v) is 5.13. The van der Waals surface area contributed by atoms with E-state index in [9.17, 15) is 4.79 Å². The highest BCUT2D eigenvalue weighted by Crippen LogP contribution is 2.12. The molecule has 2 heterocycles. The van der Waals surface area contributed by atoms with Gasteiger partial charge in [0.05, 0.1) is 5.69 Å². The second-order valence-corrected chi connectivity index (χ2v) is 3.59. The van der Waals surface area contributed by atoms with Crippen molar-refractivity contribution in [1.29, 1.82) is 0 Å². The molecule has 5 nitrogen and oxygen atoms in total. The Balaban J connectivity index is 2.11. The maximum atomic E-state index is 11.6. The molecule has 2 aromatic rings. The second-order valence-electron chi connectivity index (χ2n) is 2.81. The van der Waals surface area contributed by atoms with Gasteiger partial charge in [-0.15, -0.1) is 10.2 Å². The van der Waals surface area contributed by atoms with Gasteiger partial charge in [-0.1, -0.05) is 0 Å². The molecular formula is C9H8N4OS. The smallest absolute Gasteiger partial charge is 0.276 e. The van der Waals surface area contributed by atoms with Gasteiger partial charge in [0.25, 0.3) is 5.91 Å². The Kier molecular flexibility index (Phi) is 2.59. The van der Waals surface area contributed by atoms with Crippen LogP contribution in [0.4, 0.5) is 11.5 Å². The topological polar surface area (TPSA) is 80.9 Å². The van der Waals surface area contributed by atoms with E-state index in [4.69, 9.17) is 5.73 Å². The predicted octanol–water partition coefficient (Wildman–Crippen LogP) is 1.37. The van der Waals surface area contributed by atoms with Crippen molar-refractivity contribution in [2.75, 3.05) is 11.1 Å². The van der Waals surface area contributed by atoms with Crippen LogP contribution in [0.15, 0.2) is 29.0 Å². The number of rotatable bonds is 2. The van der Waals surface area contributed by atoms with Gasteiger partial charge >= 0.3 is 0 Å². The van der Waals surface area contributed by atoms with E-state index >= 15 is 0 Å². The van der Waals surface area contributed by atoms with E-state index in [2.05, 4.69) is 15.5 Å². The number of thiophene rings is 1. The van der Waals surface area contributed by atoms with Gasteiger partial charge in [0, 0.05) is 5.38 Å². The number of aromatic nitrogens is 2. The van der Waals surface area contributed by atoms with E-state index in [1.807, 2.05) is 16.8 Å². The zero-order valence-electron chi connectivity index (χ0n) is 7.68. The summed E-state index contributed by atoms with van der Waals surface area (Å²) in [5, 5.41) is 13.7. The Morgan fingerprint density at radius 2 is 2.20 bits per heavy atom. The van der Waals surface area contributed by atoms with Gasteiger partial charge in [-0.25, -0.2) is 0 Å². The van der Waals surface area contributed by atoms with Crippen molar-refractivity contribution in [1.82, 2.24) is 10.2 Å². The summed E-state index contributed by atoms with van der Waals surface area (Å²) in [6.45, 7) is 0. The molecule has 0 saturated carbocycles. The SMILES string of the molecule is Nc1ccc(C(=O)Nc2ccsc2)nn1. The van der Waals surface area contributed by atoms with Crippen molar-refractivity contribution in [2.45, 2.75) is 0 Å². The number of hydrogen-bond acceptors (Lipinski definition) is 5. The molecule has 0 aliphatic carbocycles. The lowest BCUT2D eigenvalue weighted by molar-refractivity contribution is 0.102. The van der Waals surface area contributed by atoms with Crippen LogP contribution in [0.1, 0.15) is 10.5 Å². The minimum Gasteiger partial charge on any atom is -0.382 e. The number of anilines is 2. The van der Waals surface area contributed by atoms with Gasteiger partial charge < -0.3 is 11.1 Å². The summed E-state index contributed by atoms with van der Waals surface area (Å²) < 4.78 is 0. The monoisotopic (exact) mass is 220 g/mol. The molecule has 0 radical (unpaired) electrons. The molecule has 0 bridgehead atoms. The van der Waals surface area contributed by atoms with Crippen LogP contribution in [0.25, 0.3) is 0 Å². The van der Waals surface area contributed by atoms with E-state index in [-0.39, 0.29) is 11.6 Å². The molecular weight excluding hydrogens is 212 g/mol. The van der Waals surface area contributed by atoms with Crippen molar-refractivity contribution in [2.24, 2.45) is 0 Å². The van der Waals surface area contributed by atoms with E-state index < -0.39 is 0 Å². The van der Waals surface area contributed by atoms with Crippen molar-refractivity contribution in [3.05, 3.63) is 34.7 Å². The molecule has 0 unspecified atom stereocenters.